The molecule has 0 aliphatic rings. The van der Waals surface area contributed by atoms with Gasteiger partial charge in [-0.1, -0.05) is 0 Å². The van der Waals surface area contributed by atoms with Crippen molar-refractivity contribution >= 4 is 37.5 Å². The van der Waals surface area contributed by atoms with Crippen LogP contribution >= 0.6 is 31.9 Å². The Kier molecular flexibility index (Phi) is 2.81. The lowest BCUT2D eigenvalue weighted by Gasteiger charge is -2.06. The first-order valence-corrected chi connectivity index (χ1v) is 4.46. The Hall–Kier alpha value is -0.370. The lowest BCUT2D eigenvalue weighted by atomic mass is 10.5. The van der Waals surface area contributed by atoms with Crippen molar-refractivity contribution in [3.05, 3.63) is 15.0 Å². The van der Waals surface area contributed by atoms with Crippen LogP contribution in [0.25, 0.3) is 0 Å². The van der Waals surface area contributed by atoms with Gasteiger partial charge in [-0.15, -0.1) is 0 Å². The highest BCUT2D eigenvalue weighted by Gasteiger charge is 2.35. The van der Waals surface area contributed by atoms with Crippen molar-refractivity contribution in [3.8, 4) is 0 Å². The van der Waals surface area contributed by atoms with E-state index in [9.17, 15) is 13.2 Å². The van der Waals surface area contributed by atoms with Gasteiger partial charge < -0.3 is 5.73 Å². The predicted octanol–water partition coefficient (Wildman–Crippen LogP) is 2.60. The molecule has 3 nitrogen and oxygen atoms in total. The fourth-order valence-electron chi connectivity index (χ4n) is 0.543. The van der Waals surface area contributed by atoms with E-state index in [1.807, 2.05) is 0 Å². The van der Waals surface area contributed by atoms with Gasteiger partial charge in [0.25, 0.3) is 0 Å². The fourth-order valence-corrected chi connectivity index (χ4v) is 1.52. The summed E-state index contributed by atoms with van der Waals surface area (Å²) in [6.07, 6.45) is -4.57. The molecule has 0 saturated heterocycles. The molecule has 0 saturated carbocycles. The van der Waals surface area contributed by atoms with Crippen LogP contribution in [0.5, 0.6) is 0 Å². The molecule has 0 atom stereocenters. The lowest BCUT2D eigenvalue weighted by Crippen LogP contribution is -2.12. The summed E-state index contributed by atoms with van der Waals surface area (Å²) in [6.45, 7) is 0. The molecule has 1 heterocycles. The predicted molar refractivity (Wildman–Crippen MR) is 46.8 cm³/mol. The SMILES string of the molecule is Nc1c(Br)nc(C(F)(F)F)nc1Br. The standard InChI is InChI=1S/C5H2Br2F3N3/c6-2-1(11)3(7)13-4(12-2)5(8,9)10/h11H2. The van der Waals surface area contributed by atoms with Crippen LogP contribution < -0.4 is 5.73 Å². The molecule has 72 valence electrons. The molecule has 0 fully saturated rings. The molecule has 0 aromatic carbocycles. The van der Waals surface area contributed by atoms with Crippen LogP contribution in [-0.4, -0.2) is 9.97 Å². The maximum atomic E-state index is 12.1. The van der Waals surface area contributed by atoms with Crippen LogP contribution in [0.15, 0.2) is 9.21 Å². The number of hydrogen-bond donors (Lipinski definition) is 1. The molecule has 8 heteroatoms. The second-order valence-corrected chi connectivity index (χ2v) is 3.54. The molecule has 0 radical (unpaired) electrons. The van der Waals surface area contributed by atoms with E-state index in [-0.39, 0.29) is 14.9 Å². The van der Waals surface area contributed by atoms with Crippen molar-refractivity contribution < 1.29 is 13.2 Å². The number of halogens is 5. The van der Waals surface area contributed by atoms with Crippen molar-refractivity contribution in [1.82, 2.24) is 9.97 Å². The first-order chi connectivity index (χ1) is 5.82. The van der Waals surface area contributed by atoms with E-state index in [1.165, 1.54) is 0 Å². The maximum Gasteiger partial charge on any atom is 0.451 e. The average Bonchev–Trinajstić information content (AvgIpc) is 1.97. The first kappa shape index (κ1) is 10.7. The van der Waals surface area contributed by atoms with Gasteiger partial charge in [0.15, 0.2) is 0 Å². The number of anilines is 1. The molecule has 1 aromatic rings. The highest BCUT2D eigenvalue weighted by molar-refractivity contribution is 9.11. The molecule has 2 N–H and O–H groups in total. The van der Waals surface area contributed by atoms with E-state index >= 15 is 0 Å². The molecular formula is C5H2Br2F3N3. The summed E-state index contributed by atoms with van der Waals surface area (Å²) in [5.74, 6) is -1.24. The lowest BCUT2D eigenvalue weighted by molar-refractivity contribution is -0.145. The van der Waals surface area contributed by atoms with Gasteiger partial charge in [0.1, 0.15) is 9.21 Å². The molecule has 13 heavy (non-hydrogen) atoms. The quantitative estimate of drug-likeness (QED) is 0.748. The third kappa shape index (κ3) is 2.31. The molecule has 0 aliphatic heterocycles. The third-order valence-corrected chi connectivity index (χ3v) is 2.32. The number of alkyl halides is 3. The smallest absolute Gasteiger partial charge is 0.394 e. The monoisotopic (exact) mass is 319 g/mol. The number of rotatable bonds is 0. The molecule has 0 amide bonds. The molecule has 1 aromatic heterocycles. The minimum atomic E-state index is -4.57. The summed E-state index contributed by atoms with van der Waals surface area (Å²) in [5.41, 5.74) is 5.34. The minimum absolute atomic E-state index is 0.0352. The van der Waals surface area contributed by atoms with E-state index in [0.29, 0.717) is 0 Å². The van der Waals surface area contributed by atoms with Crippen molar-refractivity contribution in [2.45, 2.75) is 6.18 Å². The van der Waals surface area contributed by atoms with E-state index in [2.05, 4.69) is 41.8 Å². The van der Waals surface area contributed by atoms with Crippen molar-refractivity contribution in [1.29, 1.82) is 0 Å². The number of aromatic nitrogens is 2. The highest BCUT2D eigenvalue weighted by atomic mass is 79.9. The number of hydrogen-bond acceptors (Lipinski definition) is 3. The zero-order chi connectivity index (χ0) is 10.2. The Balaban J connectivity index is 3.29. The summed E-state index contributed by atoms with van der Waals surface area (Å²) < 4.78 is 36.1. The van der Waals surface area contributed by atoms with E-state index < -0.39 is 12.0 Å². The van der Waals surface area contributed by atoms with Crippen LogP contribution in [0.1, 0.15) is 5.82 Å². The van der Waals surface area contributed by atoms with Crippen LogP contribution in [0.3, 0.4) is 0 Å². The van der Waals surface area contributed by atoms with Crippen LogP contribution in [0.2, 0.25) is 0 Å². The minimum Gasteiger partial charge on any atom is -0.394 e. The number of nitrogen functional groups attached to an aromatic ring is 1. The molecular weight excluding hydrogens is 319 g/mol. The third-order valence-electron chi connectivity index (χ3n) is 1.11. The van der Waals surface area contributed by atoms with Crippen LogP contribution in [-0.2, 0) is 6.18 Å². The summed E-state index contributed by atoms with van der Waals surface area (Å²) in [7, 11) is 0. The van der Waals surface area contributed by atoms with Crippen LogP contribution in [0, 0.1) is 0 Å². The molecule has 0 aliphatic carbocycles. The molecule has 0 unspecified atom stereocenters. The fraction of sp³-hybridized carbons (Fsp3) is 0.200. The Bertz CT molecular complexity index is 315. The van der Waals surface area contributed by atoms with Crippen molar-refractivity contribution in [3.63, 3.8) is 0 Å². The Morgan fingerprint density at radius 1 is 1.08 bits per heavy atom. The Labute approximate surface area is 87.8 Å². The summed E-state index contributed by atoms with van der Waals surface area (Å²) in [6, 6.07) is 0. The topological polar surface area (TPSA) is 51.8 Å². The van der Waals surface area contributed by atoms with Crippen LogP contribution in [0.4, 0.5) is 18.9 Å². The summed E-state index contributed by atoms with van der Waals surface area (Å²) in [4.78, 5) is 6.26. The summed E-state index contributed by atoms with van der Waals surface area (Å²) >= 11 is 5.57. The highest BCUT2D eigenvalue weighted by Crippen LogP contribution is 2.31. The second-order valence-electron chi connectivity index (χ2n) is 2.04. The van der Waals surface area contributed by atoms with E-state index in [4.69, 9.17) is 5.73 Å². The van der Waals surface area contributed by atoms with Gasteiger partial charge in [-0.3, -0.25) is 0 Å². The zero-order valence-electron chi connectivity index (χ0n) is 5.86. The number of nitrogens with zero attached hydrogens (tertiary/aromatic N) is 2. The number of nitrogens with two attached hydrogens (primary N) is 1. The van der Waals surface area contributed by atoms with Crippen molar-refractivity contribution in [2.24, 2.45) is 0 Å². The van der Waals surface area contributed by atoms with Gasteiger partial charge in [0.2, 0.25) is 5.82 Å². The van der Waals surface area contributed by atoms with Gasteiger partial charge in [0.05, 0.1) is 5.69 Å². The normalized spacial score (nSPS) is 11.8. The van der Waals surface area contributed by atoms with Gasteiger partial charge in [-0.2, -0.15) is 13.2 Å². The van der Waals surface area contributed by atoms with Gasteiger partial charge in [-0.05, 0) is 31.9 Å². The largest absolute Gasteiger partial charge is 0.451 e. The van der Waals surface area contributed by atoms with Gasteiger partial charge in [-0.25, -0.2) is 9.97 Å². The average molecular weight is 321 g/mol. The van der Waals surface area contributed by atoms with Gasteiger partial charge >= 0.3 is 6.18 Å². The Morgan fingerprint density at radius 3 is 1.77 bits per heavy atom. The summed E-state index contributed by atoms with van der Waals surface area (Å²) in [5, 5.41) is 0. The van der Waals surface area contributed by atoms with E-state index in [1.54, 1.807) is 0 Å². The van der Waals surface area contributed by atoms with E-state index in [0.717, 1.165) is 0 Å². The first-order valence-electron chi connectivity index (χ1n) is 2.88. The molecule has 1 rings (SSSR count). The maximum absolute atomic E-state index is 12.1. The van der Waals surface area contributed by atoms with Crippen molar-refractivity contribution in [2.75, 3.05) is 5.73 Å². The zero-order valence-corrected chi connectivity index (χ0v) is 9.03. The Morgan fingerprint density at radius 2 is 1.46 bits per heavy atom. The molecule has 0 bridgehead atoms. The van der Waals surface area contributed by atoms with Gasteiger partial charge in [0, 0.05) is 0 Å². The molecule has 0 spiro atoms. The second kappa shape index (κ2) is 3.41.